The van der Waals surface area contributed by atoms with Crippen molar-refractivity contribution in [1.82, 2.24) is 0 Å². The van der Waals surface area contributed by atoms with Gasteiger partial charge in [0.2, 0.25) is 0 Å². The zero-order valence-electron chi connectivity index (χ0n) is 8.06. The molecule has 82 valence electrons. The Morgan fingerprint density at radius 2 is 1.50 bits per heavy atom. The molecule has 0 aromatic carbocycles. The molecule has 0 saturated heterocycles. The Hall–Kier alpha value is -0.250. The summed E-state index contributed by atoms with van der Waals surface area (Å²) in [5, 5.41) is 0. The number of rotatable bonds is 1. The monoisotopic (exact) mass is 207 g/mol. The van der Waals surface area contributed by atoms with Gasteiger partial charge in [-0.05, 0) is 50.0 Å². The Labute approximate surface area is 81.8 Å². The van der Waals surface area contributed by atoms with Crippen LogP contribution in [0.15, 0.2) is 0 Å². The van der Waals surface area contributed by atoms with Crippen molar-refractivity contribution < 1.29 is 13.2 Å². The Morgan fingerprint density at radius 1 is 1.00 bits per heavy atom. The molecular formula is C10H16F3N. The van der Waals surface area contributed by atoms with Crippen molar-refractivity contribution in [2.75, 3.05) is 6.54 Å². The lowest BCUT2D eigenvalue weighted by Gasteiger charge is -2.48. The SMILES string of the molecule is NCC1C2CCC(CC2)C1C(F)(F)F. The summed E-state index contributed by atoms with van der Waals surface area (Å²) in [7, 11) is 0. The van der Waals surface area contributed by atoms with Crippen LogP contribution in [0.1, 0.15) is 25.7 Å². The van der Waals surface area contributed by atoms with Crippen LogP contribution in [-0.2, 0) is 0 Å². The van der Waals surface area contributed by atoms with Crippen molar-refractivity contribution in [2.45, 2.75) is 31.9 Å². The standard InChI is InChI=1S/C10H16F3N/c11-10(12,13)9-7-3-1-6(2-4-7)8(9)5-14/h6-9H,1-5,14H2. The Bertz CT molecular complexity index is 206. The molecule has 0 aliphatic heterocycles. The lowest BCUT2D eigenvalue weighted by atomic mass is 9.58. The van der Waals surface area contributed by atoms with Crippen LogP contribution in [0.25, 0.3) is 0 Å². The fraction of sp³-hybridized carbons (Fsp3) is 1.00. The maximum absolute atomic E-state index is 12.8. The number of nitrogens with two attached hydrogens (primary N) is 1. The van der Waals surface area contributed by atoms with Gasteiger partial charge in [-0.3, -0.25) is 0 Å². The van der Waals surface area contributed by atoms with E-state index in [0.717, 1.165) is 25.7 Å². The number of halogens is 3. The molecule has 0 radical (unpaired) electrons. The molecule has 0 aromatic rings. The highest BCUT2D eigenvalue weighted by molar-refractivity contribution is 4.95. The van der Waals surface area contributed by atoms with Gasteiger partial charge in [-0.15, -0.1) is 0 Å². The lowest BCUT2D eigenvalue weighted by molar-refractivity contribution is -0.228. The summed E-state index contributed by atoms with van der Waals surface area (Å²) < 4.78 is 38.3. The summed E-state index contributed by atoms with van der Waals surface area (Å²) >= 11 is 0. The first-order valence-corrected chi connectivity index (χ1v) is 5.31. The summed E-state index contributed by atoms with van der Waals surface area (Å²) in [5.74, 6) is -1.33. The van der Waals surface area contributed by atoms with Crippen LogP contribution in [0.3, 0.4) is 0 Å². The molecule has 1 nitrogen and oxygen atoms in total. The Kier molecular flexibility index (Phi) is 2.50. The lowest BCUT2D eigenvalue weighted by Crippen LogP contribution is -2.49. The molecule has 4 heteroatoms. The third-order valence-electron chi connectivity index (χ3n) is 4.04. The van der Waals surface area contributed by atoms with E-state index in [1.807, 2.05) is 0 Å². The molecule has 14 heavy (non-hydrogen) atoms. The van der Waals surface area contributed by atoms with E-state index in [9.17, 15) is 13.2 Å². The Morgan fingerprint density at radius 3 is 1.86 bits per heavy atom. The minimum Gasteiger partial charge on any atom is -0.330 e. The van der Waals surface area contributed by atoms with Gasteiger partial charge >= 0.3 is 6.18 Å². The average Bonchev–Trinajstić information content (AvgIpc) is 2.16. The molecule has 0 spiro atoms. The summed E-state index contributed by atoms with van der Waals surface area (Å²) in [6.45, 7) is 0.200. The smallest absolute Gasteiger partial charge is 0.330 e. The molecule has 2 unspecified atom stereocenters. The summed E-state index contributed by atoms with van der Waals surface area (Å²) in [4.78, 5) is 0. The summed E-state index contributed by atoms with van der Waals surface area (Å²) in [6.07, 6.45) is -0.608. The molecule has 2 atom stereocenters. The van der Waals surface area contributed by atoms with Gasteiger partial charge in [0.1, 0.15) is 0 Å². The molecule has 0 heterocycles. The van der Waals surface area contributed by atoms with Crippen LogP contribution in [0, 0.1) is 23.7 Å². The van der Waals surface area contributed by atoms with Gasteiger partial charge in [-0.2, -0.15) is 13.2 Å². The van der Waals surface area contributed by atoms with Gasteiger partial charge in [0.05, 0.1) is 5.92 Å². The van der Waals surface area contributed by atoms with Crippen molar-refractivity contribution in [3.63, 3.8) is 0 Å². The van der Waals surface area contributed by atoms with E-state index in [0.29, 0.717) is 0 Å². The minimum absolute atomic E-state index is 0.145. The molecule has 3 aliphatic carbocycles. The second-order valence-electron chi connectivity index (χ2n) is 4.64. The highest BCUT2D eigenvalue weighted by Crippen LogP contribution is 2.53. The zero-order chi connectivity index (χ0) is 10.3. The number of hydrogen-bond acceptors (Lipinski definition) is 1. The molecular weight excluding hydrogens is 191 g/mol. The van der Waals surface area contributed by atoms with E-state index in [1.54, 1.807) is 0 Å². The highest BCUT2D eigenvalue weighted by atomic mass is 19.4. The van der Waals surface area contributed by atoms with E-state index >= 15 is 0 Å². The largest absolute Gasteiger partial charge is 0.392 e. The van der Waals surface area contributed by atoms with Crippen LogP contribution in [-0.4, -0.2) is 12.7 Å². The van der Waals surface area contributed by atoms with Gasteiger partial charge in [0.15, 0.2) is 0 Å². The van der Waals surface area contributed by atoms with Crippen LogP contribution in [0.4, 0.5) is 13.2 Å². The Balaban J connectivity index is 2.20. The summed E-state index contributed by atoms with van der Waals surface area (Å²) in [6, 6.07) is 0. The molecule has 3 saturated carbocycles. The van der Waals surface area contributed by atoms with E-state index < -0.39 is 12.1 Å². The van der Waals surface area contributed by atoms with Crippen LogP contribution < -0.4 is 5.73 Å². The molecule has 2 bridgehead atoms. The van der Waals surface area contributed by atoms with Crippen LogP contribution in [0.2, 0.25) is 0 Å². The second-order valence-corrected chi connectivity index (χ2v) is 4.64. The number of fused-ring (bicyclic) bond motifs is 3. The zero-order valence-corrected chi connectivity index (χ0v) is 8.06. The van der Waals surface area contributed by atoms with Crippen molar-refractivity contribution in [3.8, 4) is 0 Å². The maximum atomic E-state index is 12.8. The van der Waals surface area contributed by atoms with Crippen molar-refractivity contribution in [3.05, 3.63) is 0 Å². The first-order chi connectivity index (χ1) is 6.54. The third-order valence-corrected chi connectivity index (χ3v) is 4.04. The topological polar surface area (TPSA) is 26.0 Å². The third kappa shape index (κ3) is 1.53. The fourth-order valence-corrected chi connectivity index (χ4v) is 3.42. The number of hydrogen-bond donors (Lipinski definition) is 1. The molecule has 3 rings (SSSR count). The molecule has 3 fully saturated rings. The average molecular weight is 207 g/mol. The van der Waals surface area contributed by atoms with Crippen LogP contribution in [0.5, 0.6) is 0 Å². The minimum atomic E-state index is -4.03. The normalized spacial score (nSPS) is 42.9. The number of alkyl halides is 3. The van der Waals surface area contributed by atoms with Gasteiger partial charge in [0.25, 0.3) is 0 Å². The van der Waals surface area contributed by atoms with E-state index in [2.05, 4.69) is 0 Å². The highest BCUT2D eigenvalue weighted by Gasteiger charge is 2.54. The predicted molar refractivity (Wildman–Crippen MR) is 47.5 cm³/mol. The maximum Gasteiger partial charge on any atom is 0.392 e. The summed E-state index contributed by atoms with van der Waals surface area (Å²) in [5.41, 5.74) is 5.48. The molecule has 0 amide bonds. The second kappa shape index (κ2) is 3.40. The van der Waals surface area contributed by atoms with E-state index in [4.69, 9.17) is 5.73 Å². The van der Waals surface area contributed by atoms with Gasteiger partial charge in [-0.25, -0.2) is 0 Å². The molecule has 2 N–H and O–H groups in total. The quantitative estimate of drug-likeness (QED) is 0.702. The molecule has 3 aliphatic rings. The predicted octanol–water partition coefficient (Wildman–Crippen LogP) is 2.56. The van der Waals surface area contributed by atoms with E-state index in [-0.39, 0.29) is 24.3 Å². The van der Waals surface area contributed by atoms with Crippen molar-refractivity contribution in [1.29, 1.82) is 0 Å². The van der Waals surface area contributed by atoms with Gasteiger partial charge in [-0.1, -0.05) is 0 Å². The van der Waals surface area contributed by atoms with Gasteiger partial charge in [0, 0.05) is 0 Å². The van der Waals surface area contributed by atoms with E-state index in [1.165, 1.54) is 0 Å². The van der Waals surface area contributed by atoms with Crippen molar-refractivity contribution >= 4 is 0 Å². The van der Waals surface area contributed by atoms with Crippen LogP contribution >= 0.6 is 0 Å². The molecule has 0 aromatic heterocycles. The fourth-order valence-electron chi connectivity index (χ4n) is 3.42. The first kappa shape index (κ1) is 10.3. The van der Waals surface area contributed by atoms with Crippen molar-refractivity contribution in [2.24, 2.45) is 29.4 Å². The van der Waals surface area contributed by atoms with Gasteiger partial charge < -0.3 is 5.73 Å². The first-order valence-electron chi connectivity index (χ1n) is 5.31.